The second kappa shape index (κ2) is 9.70. The molecule has 2 aliphatic rings. The molecule has 0 aromatic heterocycles. The van der Waals surface area contributed by atoms with Crippen LogP contribution in [0.1, 0.15) is 24.8 Å². The maximum absolute atomic E-state index is 12.4. The lowest BCUT2D eigenvalue weighted by molar-refractivity contribution is -0.114. The number of benzene rings is 1. The molecule has 1 atom stereocenters. The van der Waals surface area contributed by atoms with Crippen molar-refractivity contribution in [2.75, 3.05) is 40.9 Å². The fourth-order valence-corrected chi connectivity index (χ4v) is 4.69. The highest BCUT2D eigenvalue weighted by atomic mass is 79.9. The minimum Gasteiger partial charge on any atom is -0.495 e. The highest BCUT2D eigenvalue weighted by Crippen LogP contribution is 2.36. The van der Waals surface area contributed by atoms with Gasteiger partial charge in [0, 0.05) is 18.2 Å². The van der Waals surface area contributed by atoms with Crippen LogP contribution in [-0.4, -0.2) is 63.5 Å². The van der Waals surface area contributed by atoms with Crippen molar-refractivity contribution in [1.82, 2.24) is 15.5 Å². The monoisotopic (exact) mass is 479 g/mol. The third kappa shape index (κ3) is 4.73. The van der Waals surface area contributed by atoms with E-state index in [4.69, 9.17) is 20.6 Å². The van der Waals surface area contributed by atoms with Gasteiger partial charge in [-0.25, -0.2) is 0 Å². The number of nitrogens with zero attached hydrogens (tertiary/aromatic N) is 1. The normalized spacial score (nSPS) is 21.9. The molecular weight excluding hydrogens is 450 g/mol. The second-order valence-electron chi connectivity index (χ2n) is 7.79. The number of likely N-dealkylation sites (tertiary alicyclic amines) is 1. The standard InChI is InChI=1S/C21H30BrN5O3/c1-27-8-5-12(6-9-27)14-4-7-25-21(26-14)17(20(24)28)19(23)13-10-15(29-2)18(22)16(11-13)30-3/h10-12,14,23,25-26H,4-9H2,1-3H3,(H2,24,28)/b21-17+,23-19?. The number of amides is 1. The quantitative estimate of drug-likeness (QED) is 0.365. The van der Waals surface area contributed by atoms with Crippen molar-refractivity contribution in [2.24, 2.45) is 11.7 Å². The maximum atomic E-state index is 12.4. The lowest BCUT2D eigenvalue weighted by Gasteiger charge is -2.38. The van der Waals surface area contributed by atoms with Gasteiger partial charge in [-0.2, -0.15) is 0 Å². The van der Waals surface area contributed by atoms with E-state index in [0.29, 0.717) is 33.3 Å². The van der Waals surface area contributed by atoms with Crippen LogP contribution >= 0.6 is 15.9 Å². The van der Waals surface area contributed by atoms with E-state index in [9.17, 15) is 4.79 Å². The molecule has 9 heteroatoms. The molecular formula is C21H30BrN5O3. The summed E-state index contributed by atoms with van der Waals surface area (Å²) in [6.45, 7) is 2.88. The SMILES string of the molecule is COc1cc(C(=N)/C(C(N)=O)=C2/NCCC(C3CCN(C)CC3)N2)cc(OC)c1Br. The summed E-state index contributed by atoms with van der Waals surface area (Å²) in [5, 5.41) is 15.5. The van der Waals surface area contributed by atoms with Crippen molar-refractivity contribution < 1.29 is 14.3 Å². The van der Waals surface area contributed by atoms with E-state index >= 15 is 0 Å². The first-order chi connectivity index (χ1) is 14.3. The Morgan fingerprint density at radius 2 is 1.80 bits per heavy atom. The van der Waals surface area contributed by atoms with E-state index in [1.165, 1.54) is 14.2 Å². The number of nitrogens with one attached hydrogen (secondary N) is 3. The van der Waals surface area contributed by atoms with E-state index in [1.54, 1.807) is 12.1 Å². The predicted octanol–water partition coefficient (Wildman–Crippen LogP) is 1.82. The van der Waals surface area contributed by atoms with Crippen LogP contribution in [0, 0.1) is 11.3 Å². The fraction of sp³-hybridized carbons (Fsp3) is 0.524. The van der Waals surface area contributed by atoms with Gasteiger partial charge >= 0.3 is 0 Å². The third-order valence-electron chi connectivity index (χ3n) is 5.90. The van der Waals surface area contributed by atoms with Crippen molar-refractivity contribution in [1.29, 1.82) is 5.41 Å². The lowest BCUT2D eigenvalue weighted by Crippen LogP contribution is -2.50. The van der Waals surface area contributed by atoms with Crippen molar-refractivity contribution in [3.8, 4) is 11.5 Å². The molecule has 0 spiro atoms. The smallest absolute Gasteiger partial charge is 0.254 e. The van der Waals surface area contributed by atoms with Gasteiger partial charge in [-0.15, -0.1) is 0 Å². The molecule has 0 saturated carbocycles. The number of piperidine rings is 1. The van der Waals surface area contributed by atoms with Crippen molar-refractivity contribution in [2.45, 2.75) is 25.3 Å². The van der Waals surface area contributed by atoms with Crippen LogP contribution in [0.4, 0.5) is 0 Å². The first kappa shape index (κ1) is 22.4. The Bertz CT molecular complexity index is 824. The summed E-state index contributed by atoms with van der Waals surface area (Å²) in [5.74, 6) is 1.44. The first-order valence-corrected chi connectivity index (χ1v) is 10.9. The van der Waals surface area contributed by atoms with Crippen LogP contribution in [0.15, 0.2) is 28.0 Å². The lowest BCUT2D eigenvalue weighted by atomic mass is 9.86. The van der Waals surface area contributed by atoms with Crippen LogP contribution in [0.2, 0.25) is 0 Å². The molecule has 2 aliphatic heterocycles. The second-order valence-corrected chi connectivity index (χ2v) is 8.58. The number of hydrogen-bond donors (Lipinski definition) is 4. The highest BCUT2D eigenvalue weighted by Gasteiger charge is 2.31. The summed E-state index contributed by atoms with van der Waals surface area (Å²) in [6.07, 6.45) is 3.20. The van der Waals surface area contributed by atoms with Gasteiger partial charge in [0.25, 0.3) is 5.91 Å². The molecule has 30 heavy (non-hydrogen) atoms. The molecule has 0 bridgehead atoms. The van der Waals surface area contributed by atoms with E-state index in [0.717, 1.165) is 38.9 Å². The molecule has 1 aromatic rings. The zero-order valence-electron chi connectivity index (χ0n) is 17.7. The maximum Gasteiger partial charge on any atom is 0.254 e. The van der Waals surface area contributed by atoms with E-state index in [-0.39, 0.29) is 17.3 Å². The van der Waals surface area contributed by atoms with Crippen molar-refractivity contribution >= 4 is 27.5 Å². The number of halogens is 1. The summed E-state index contributed by atoms with van der Waals surface area (Å²) in [5.41, 5.74) is 6.36. The average Bonchev–Trinajstić information content (AvgIpc) is 2.74. The van der Waals surface area contributed by atoms with Crippen LogP contribution in [0.3, 0.4) is 0 Å². The molecule has 8 nitrogen and oxygen atoms in total. The topological polar surface area (TPSA) is 113 Å². The first-order valence-electron chi connectivity index (χ1n) is 10.1. The molecule has 2 saturated heterocycles. The van der Waals surface area contributed by atoms with Gasteiger partial charge in [0.05, 0.1) is 19.9 Å². The number of carbonyl (C=O) groups excluding carboxylic acids is 1. The van der Waals surface area contributed by atoms with Crippen LogP contribution < -0.4 is 25.8 Å². The van der Waals surface area contributed by atoms with Crippen LogP contribution in [-0.2, 0) is 4.79 Å². The largest absolute Gasteiger partial charge is 0.495 e. The van der Waals surface area contributed by atoms with Gasteiger partial charge in [-0.3, -0.25) is 10.2 Å². The minimum atomic E-state index is -0.653. The summed E-state index contributed by atoms with van der Waals surface area (Å²) in [4.78, 5) is 14.7. The Balaban J connectivity index is 1.91. The number of ether oxygens (including phenoxy) is 2. The van der Waals surface area contributed by atoms with Crippen molar-refractivity contribution in [3.63, 3.8) is 0 Å². The number of primary amides is 1. The Morgan fingerprint density at radius 3 is 2.33 bits per heavy atom. The van der Waals surface area contributed by atoms with Gasteiger partial charge in [0.1, 0.15) is 27.4 Å². The number of rotatable bonds is 6. The molecule has 0 radical (unpaired) electrons. The van der Waals surface area contributed by atoms with Crippen LogP contribution in [0.25, 0.3) is 0 Å². The third-order valence-corrected chi connectivity index (χ3v) is 6.68. The molecule has 0 aliphatic carbocycles. The number of hydrogen-bond acceptors (Lipinski definition) is 7. The fourth-order valence-electron chi connectivity index (χ4n) is 4.14. The summed E-state index contributed by atoms with van der Waals surface area (Å²) >= 11 is 3.43. The number of carbonyl (C=O) groups is 1. The van der Waals surface area contributed by atoms with Gasteiger partial charge in [-0.1, -0.05) is 0 Å². The van der Waals surface area contributed by atoms with Gasteiger partial charge in [-0.05, 0) is 73.4 Å². The number of methoxy groups -OCH3 is 2. The molecule has 3 rings (SSSR count). The predicted molar refractivity (Wildman–Crippen MR) is 120 cm³/mol. The van der Waals surface area contributed by atoms with Crippen molar-refractivity contribution in [3.05, 3.63) is 33.6 Å². The molecule has 1 unspecified atom stereocenters. The average molecular weight is 480 g/mol. The Kier molecular flexibility index (Phi) is 7.25. The summed E-state index contributed by atoms with van der Waals surface area (Å²) in [7, 11) is 5.22. The minimum absolute atomic E-state index is 0.0191. The van der Waals surface area contributed by atoms with E-state index in [1.807, 2.05) is 0 Å². The Labute approximate surface area is 185 Å². The molecule has 2 heterocycles. The van der Waals surface area contributed by atoms with Crippen LogP contribution in [0.5, 0.6) is 11.5 Å². The molecule has 5 N–H and O–H groups in total. The molecule has 164 valence electrons. The zero-order chi connectivity index (χ0) is 21.8. The van der Waals surface area contributed by atoms with E-state index < -0.39 is 5.91 Å². The highest BCUT2D eigenvalue weighted by molar-refractivity contribution is 9.10. The number of nitrogens with two attached hydrogens (primary N) is 1. The molecule has 2 fully saturated rings. The van der Waals surface area contributed by atoms with Gasteiger partial charge in [0.2, 0.25) is 0 Å². The van der Waals surface area contributed by atoms with Gasteiger partial charge in [0.15, 0.2) is 0 Å². The van der Waals surface area contributed by atoms with Gasteiger partial charge < -0.3 is 30.7 Å². The summed E-state index contributed by atoms with van der Waals surface area (Å²) < 4.78 is 11.4. The summed E-state index contributed by atoms with van der Waals surface area (Å²) in [6, 6.07) is 3.64. The molecule has 1 amide bonds. The van der Waals surface area contributed by atoms with E-state index in [2.05, 4.69) is 38.5 Å². The zero-order valence-corrected chi connectivity index (χ0v) is 19.3. The Morgan fingerprint density at radius 1 is 1.20 bits per heavy atom. The Hall–Kier alpha value is -2.26. The molecule has 1 aromatic carbocycles.